The van der Waals surface area contributed by atoms with Crippen LogP contribution in [0, 0.1) is 6.92 Å². The van der Waals surface area contributed by atoms with Gasteiger partial charge >= 0.3 is 0 Å². The summed E-state index contributed by atoms with van der Waals surface area (Å²) in [5.41, 5.74) is 2.07. The molecule has 0 spiro atoms. The molecule has 2 N–H and O–H groups in total. The average Bonchev–Trinajstić information content (AvgIpc) is 2.78. The predicted octanol–water partition coefficient (Wildman–Crippen LogP) is 1.15. The maximum absolute atomic E-state index is 11.5. The number of nitrogen functional groups attached to an aromatic ring is 1. The lowest BCUT2D eigenvalue weighted by Gasteiger charge is -2.09. The molecule has 106 valence electrons. The van der Waals surface area contributed by atoms with E-state index in [0.29, 0.717) is 11.0 Å². The third-order valence-corrected chi connectivity index (χ3v) is 3.73. The van der Waals surface area contributed by atoms with Crippen molar-refractivity contribution < 1.29 is 4.79 Å². The predicted molar refractivity (Wildman–Crippen MR) is 79.8 cm³/mol. The summed E-state index contributed by atoms with van der Waals surface area (Å²) < 4.78 is 1.41. The molecule has 0 saturated carbocycles. The van der Waals surface area contributed by atoms with Crippen molar-refractivity contribution in [1.29, 1.82) is 0 Å². The summed E-state index contributed by atoms with van der Waals surface area (Å²) in [4.78, 5) is 13.1. The van der Waals surface area contributed by atoms with Gasteiger partial charge in [-0.05, 0) is 6.92 Å². The molecule has 0 radical (unpaired) electrons. The number of nitrogens with two attached hydrogens (primary N) is 1. The second kappa shape index (κ2) is 5.96. The zero-order valence-corrected chi connectivity index (χ0v) is 12.5. The molecule has 2 aromatic rings. The molecular weight excluding hydrogens is 274 g/mol. The summed E-state index contributed by atoms with van der Waals surface area (Å²) in [6.07, 6.45) is 0. The van der Waals surface area contributed by atoms with Crippen LogP contribution < -0.4 is 5.84 Å². The number of aromatic nitrogens is 3. The Labute approximate surface area is 121 Å². The van der Waals surface area contributed by atoms with E-state index in [0.717, 1.165) is 5.56 Å². The van der Waals surface area contributed by atoms with Gasteiger partial charge in [0.1, 0.15) is 0 Å². The van der Waals surface area contributed by atoms with Crippen molar-refractivity contribution in [3.8, 4) is 11.4 Å². The molecule has 1 amide bonds. The van der Waals surface area contributed by atoms with E-state index < -0.39 is 0 Å². The lowest BCUT2D eigenvalue weighted by Crippen LogP contribution is -2.24. The zero-order chi connectivity index (χ0) is 14.7. The van der Waals surface area contributed by atoms with Gasteiger partial charge in [-0.25, -0.2) is 4.68 Å². The Morgan fingerprint density at radius 2 is 1.95 bits per heavy atom. The Kier molecular flexibility index (Phi) is 4.29. The molecule has 0 aliphatic carbocycles. The molecule has 0 fully saturated rings. The third kappa shape index (κ3) is 3.11. The van der Waals surface area contributed by atoms with Crippen LogP contribution in [0.5, 0.6) is 0 Å². The molecule has 0 atom stereocenters. The van der Waals surface area contributed by atoms with Crippen molar-refractivity contribution in [3.63, 3.8) is 0 Å². The fourth-order valence-electron chi connectivity index (χ4n) is 1.53. The molecule has 0 aliphatic heterocycles. The van der Waals surface area contributed by atoms with Gasteiger partial charge in [-0.1, -0.05) is 41.6 Å². The molecule has 0 bridgehead atoms. The highest BCUT2D eigenvalue weighted by Crippen LogP contribution is 2.21. The first-order valence-corrected chi connectivity index (χ1v) is 7.08. The van der Waals surface area contributed by atoms with Gasteiger partial charge in [0, 0.05) is 19.7 Å². The van der Waals surface area contributed by atoms with Crippen LogP contribution in [-0.4, -0.2) is 45.5 Å². The number of hydrogen-bond acceptors (Lipinski definition) is 5. The largest absolute Gasteiger partial charge is 0.348 e. The first kappa shape index (κ1) is 14.4. The fourth-order valence-corrected chi connectivity index (χ4v) is 2.37. The summed E-state index contributed by atoms with van der Waals surface area (Å²) in [7, 11) is 3.43. The zero-order valence-electron chi connectivity index (χ0n) is 11.7. The smallest absolute Gasteiger partial charge is 0.232 e. The Hall–Kier alpha value is -2.02. The van der Waals surface area contributed by atoms with Gasteiger partial charge in [0.2, 0.25) is 11.1 Å². The van der Waals surface area contributed by atoms with Crippen molar-refractivity contribution in [2.24, 2.45) is 0 Å². The number of rotatable bonds is 4. The minimum absolute atomic E-state index is 0.00915. The highest BCUT2D eigenvalue weighted by atomic mass is 32.2. The molecule has 0 aliphatic rings. The van der Waals surface area contributed by atoms with Crippen LogP contribution in [0.3, 0.4) is 0 Å². The summed E-state index contributed by atoms with van der Waals surface area (Å²) in [5.74, 6) is 6.87. The van der Waals surface area contributed by atoms with Gasteiger partial charge in [-0.2, -0.15) is 0 Å². The maximum Gasteiger partial charge on any atom is 0.232 e. The summed E-state index contributed by atoms with van der Waals surface area (Å²) in [6, 6.07) is 7.88. The molecule has 6 nitrogen and oxygen atoms in total. The summed E-state index contributed by atoms with van der Waals surface area (Å²) in [5, 5.41) is 8.63. The van der Waals surface area contributed by atoms with E-state index in [1.165, 1.54) is 26.9 Å². The van der Waals surface area contributed by atoms with E-state index in [9.17, 15) is 4.79 Å². The SMILES string of the molecule is Cc1ccc(-c2nnc(SCC(=O)N(C)C)n2N)cc1. The van der Waals surface area contributed by atoms with Gasteiger partial charge in [0.05, 0.1) is 5.75 Å². The lowest BCUT2D eigenvalue weighted by atomic mass is 10.1. The van der Waals surface area contributed by atoms with Crippen LogP contribution in [0.2, 0.25) is 0 Å². The number of hydrogen-bond donors (Lipinski definition) is 1. The standard InChI is InChI=1S/C13H17N5OS/c1-9-4-6-10(7-5-9)12-15-16-13(18(12)14)20-8-11(19)17(2)3/h4-7H,8,14H2,1-3H3. The highest BCUT2D eigenvalue weighted by Gasteiger charge is 2.14. The summed E-state index contributed by atoms with van der Waals surface area (Å²) in [6.45, 7) is 2.02. The maximum atomic E-state index is 11.5. The van der Waals surface area contributed by atoms with Crippen molar-refractivity contribution in [1.82, 2.24) is 19.8 Å². The molecule has 1 heterocycles. The molecular formula is C13H17N5OS. The molecule has 1 aromatic carbocycles. The molecule has 1 aromatic heterocycles. The minimum Gasteiger partial charge on any atom is -0.348 e. The van der Waals surface area contributed by atoms with Gasteiger partial charge in [-0.3, -0.25) is 4.79 Å². The van der Waals surface area contributed by atoms with Crippen LogP contribution >= 0.6 is 11.8 Å². The van der Waals surface area contributed by atoms with Crippen LogP contribution in [0.1, 0.15) is 5.56 Å². The lowest BCUT2D eigenvalue weighted by molar-refractivity contribution is -0.125. The Bertz CT molecular complexity index is 606. The first-order valence-electron chi connectivity index (χ1n) is 6.09. The number of aryl methyl sites for hydroxylation is 1. The topological polar surface area (TPSA) is 77.0 Å². The Balaban J connectivity index is 2.15. The summed E-state index contributed by atoms with van der Waals surface area (Å²) >= 11 is 1.28. The number of nitrogens with zero attached hydrogens (tertiary/aromatic N) is 4. The van der Waals surface area contributed by atoms with Crippen molar-refractivity contribution in [3.05, 3.63) is 29.8 Å². The minimum atomic E-state index is 0.00915. The van der Waals surface area contributed by atoms with Gasteiger partial charge in [0.15, 0.2) is 5.82 Å². The van der Waals surface area contributed by atoms with E-state index in [1.807, 2.05) is 31.2 Å². The number of carbonyl (C=O) groups is 1. The quantitative estimate of drug-likeness (QED) is 0.675. The monoisotopic (exact) mass is 291 g/mol. The number of amides is 1. The van der Waals surface area contributed by atoms with E-state index >= 15 is 0 Å². The van der Waals surface area contributed by atoms with Crippen LogP contribution in [0.25, 0.3) is 11.4 Å². The molecule has 0 unspecified atom stereocenters. The first-order chi connectivity index (χ1) is 9.49. The van der Waals surface area contributed by atoms with Gasteiger partial charge in [0.25, 0.3) is 0 Å². The highest BCUT2D eigenvalue weighted by molar-refractivity contribution is 7.99. The molecule has 0 saturated heterocycles. The van der Waals surface area contributed by atoms with E-state index in [4.69, 9.17) is 5.84 Å². The average molecular weight is 291 g/mol. The van der Waals surface area contributed by atoms with Crippen molar-refractivity contribution >= 4 is 17.7 Å². The number of benzene rings is 1. The van der Waals surface area contributed by atoms with Crippen molar-refractivity contribution in [2.45, 2.75) is 12.1 Å². The van der Waals surface area contributed by atoms with Gasteiger partial charge in [-0.15, -0.1) is 10.2 Å². The Morgan fingerprint density at radius 1 is 1.30 bits per heavy atom. The number of thioether (sulfide) groups is 1. The molecule has 7 heteroatoms. The normalized spacial score (nSPS) is 10.6. The van der Waals surface area contributed by atoms with E-state index in [1.54, 1.807) is 14.1 Å². The van der Waals surface area contributed by atoms with Crippen LogP contribution in [0.15, 0.2) is 29.4 Å². The van der Waals surface area contributed by atoms with Crippen molar-refractivity contribution in [2.75, 3.05) is 25.7 Å². The fraction of sp³-hybridized carbons (Fsp3) is 0.308. The van der Waals surface area contributed by atoms with E-state index in [-0.39, 0.29) is 11.7 Å². The molecule has 20 heavy (non-hydrogen) atoms. The van der Waals surface area contributed by atoms with Crippen LogP contribution in [0.4, 0.5) is 0 Å². The number of carbonyl (C=O) groups excluding carboxylic acids is 1. The Morgan fingerprint density at radius 3 is 2.55 bits per heavy atom. The van der Waals surface area contributed by atoms with E-state index in [2.05, 4.69) is 10.2 Å². The second-order valence-electron chi connectivity index (χ2n) is 4.62. The second-order valence-corrected chi connectivity index (χ2v) is 5.56. The third-order valence-electron chi connectivity index (χ3n) is 2.80. The van der Waals surface area contributed by atoms with Gasteiger partial charge < -0.3 is 10.7 Å². The van der Waals surface area contributed by atoms with Crippen LogP contribution in [-0.2, 0) is 4.79 Å². The molecule has 2 rings (SSSR count).